The molecule has 5 nitrogen and oxygen atoms in total. The van der Waals surface area contributed by atoms with Crippen molar-refractivity contribution in [2.24, 2.45) is 10.9 Å². The van der Waals surface area contributed by atoms with Gasteiger partial charge >= 0.3 is 0 Å². The summed E-state index contributed by atoms with van der Waals surface area (Å²) in [5.74, 6) is 0.153. The lowest BCUT2D eigenvalue weighted by Gasteiger charge is -2.11. The molecular weight excluding hydrogens is 228 g/mol. The van der Waals surface area contributed by atoms with E-state index in [0.29, 0.717) is 0 Å². The van der Waals surface area contributed by atoms with Crippen molar-refractivity contribution in [3.8, 4) is 0 Å². The molecule has 0 unspecified atom stereocenters. The maximum Gasteiger partial charge on any atom is 0.170 e. The lowest BCUT2D eigenvalue weighted by atomic mass is 10.1. The van der Waals surface area contributed by atoms with Gasteiger partial charge in [-0.25, -0.2) is 0 Å². The summed E-state index contributed by atoms with van der Waals surface area (Å²) < 4.78 is 0. The van der Waals surface area contributed by atoms with Crippen LogP contribution in [-0.4, -0.2) is 43.1 Å². The van der Waals surface area contributed by atoms with Gasteiger partial charge in [0.15, 0.2) is 5.84 Å². The standard InChI is InChI=1S/C13H22N4O/c1-17(2)9-5-8-15-10-11-6-3-4-7-12(11)13(14)16-18/h3-4,6-7,15,18H,5,8-10H2,1-2H3,(H2,14,16). The van der Waals surface area contributed by atoms with E-state index in [1.165, 1.54) is 0 Å². The molecule has 0 atom stereocenters. The first-order valence-electron chi connectivity index (χ1n) is 6.06. The van der Waals surface area contributed by atoms with Crippen LogP contribution in [0.2, 0.25) is 0 Å². The predicted octanol–water partition coefficient (Wildman–Crippen LogP) is 0.822. The van der Waals surface area contributed by atoms with Crippen molar-refractivity contribution in [2.45, 2.75) is 13.0 Å². The van der Waals surface area contributed by atoms with Crippen LogP contribution in [0.3, 0.4) is 0 Å². The summed E-state index contributed by atoms with van der Waals surface area (Å²) in [6.45, 7) is 2.73. The number of amidine groups is 1. The highest BCUT2D eigenvalue weighted by molar-refractivity contribution is 5.98. The Labute approximate surface area is 108 Å². The minimum absolute atomic E-state index is 0.153. The van der Waals surface area contributed by atoms with E-state index in [0.717, 1.165) is 37.2 Å². The molecule has 0 radical (unpaired) electrons. The number of oxime groups is 1. The van der Waals surface area contributed by atoms with Crippen LogP contribution in [0, 0.1) is 0 Å². The van der Waals surface area contributed by atoms with Crippen LogP contribution >= 0.6 is 0 Å². The normalized spacial score (nSPS) is 12.1. The molecule has 0 heterocycles. The van der Waals surface area contributed by atoms with Gasteiger partial charge < -0.3 is 21.2 Å². The fourth-order valence-electron chi connectivity index (χ4n) is 1.72. The number of nitrogens with two attached hydrogens (primary N) is 1. The van der Waals surface area contributed by atoms with Gasteiger partial charge in [-0.1, -0.05) is 29.4 Å². The highest BCUT2D eigenvalue weighted by atomic mass is 16.4. The Bertz CT molecular complexity index is 390. The van der Waals surface area contributed by atoms with E-state index in [9.17, 15) is 0 Å². The average Bonchev–Trinajstić information content (AvgIpc) is 2.37. The van der Waals surface area contributed by atoms with E-state index in [1.54, 1.807) is 0 Å². The van der Waals surface area contributed by atoms with Crippen LogP contribution in [0.15, 0.2) is 29.4 Å². The topological polar surface area (TPSA) is 73.9 Å². The molecule has 0 aromatic heterocycles. The van der Waals surface area contributed by atoms with E-state index in [4.69, 9.17) is 10.9 Å². The molecule has 0 aliphatic rings. The quantitative estimate of drug-likeness (QED) is 0.220. The Kier molecular flexibility index (Phi) is 6.18. The molecule has 100 valence electrons. The summed E-state index contributed by atoms with van der Waals surface area (Å²) >= 11 is 0. The molecule has 1 rings (SSSR count). The Morgan fingerprint density at radius 1 is 1.39 bits per heavy atom. The first-order chi connectivity index (χ1) is 8.65. The number of benzene rings is 1. The maximum absolute atomic E-state index is 8.72. The number of nitrogens with zero attached hydrogens (tertiary/aromatic N) is 2. The van der Waals surface area contributed by atoms with Crippen LogP contribution in [0.1, 0.15) is 17.5 Å². The van der Waals surface area contributed by atoms with Gasteiger partial charge in [-0.2, -0.15) is 0 Å². The highest BCUT2D eigenvalue weighted by Gasteiger charge is 2.05. The second kappa shape index (κ2) is 7.68. The van der Waals surface area contributed by atoms with E-state index < -0.39 is 0 Å². The molecule has 0 saturated heterocycles. The molecule has 0 aliphatic carbocycles. The van der Waals surface area contributed by atoms with Crippen molar-refractivity contribution in [3.05, 3.63) is 35.4 Å². The Hall–Kier alpha value is -1.59. The number of hydrogen-bond acceptors (Lipinski definition) is 4. The van der Waals surface area contributed by atoms with Crippen molar-refractivity contribution in [2.75, 3.05) is 27.2 Å². The summed E-state index contributed by atoms with van der Waals surface area (Å²) in [6, 6.07) is 7.66. The lowest BCUT2D eigenvalue weighted by Crippen LogP contribution is -2.23. The van der Waals surface area contributed by atoms with Crippen LogP contribution in [-0.2, 0) is 6.54 Å². The minimum Gasteiger partial charge on any atom is -0.409 e. The number of rotatable bonds is 7. The largest absolute Gasteiger partial charge is 0.409 e. The van der Waals surface area contributed by atoms with E-state index in [1.807, 2.05) is 24.3 Å². The Morgan fingerprint density at radius 3 is 2.78 bits per heavy atom. The zero-order chi connectivity index (χ0) is 13.4. The van der Waals surface area contributed by atoms with Gasteiger partial charge in [-0.05, 0) is 39.2 Å². The first-order valence-corrected chi connectivity index (χ1v) is 6.06. The third-order valence-corrected chi connectivity index (χ3v) is 2.68. The predicted molar refractivity (Wildman–Crippen MR) is 73.8 cm³/mol. The van der Waals surface area contributed by atoms with Gasteiger partial charge in [-0.3, -0.25) is 0 Å². The van der Waals surface area contributed by atoms with Gasteiger partial charge in [0.25, 0.3) is 0 Å². The molecule has 0 bridgehead atoms. The van der Waals surface area contributed by atoms with Crippen LogP contribution in [0.4, 0.5) is 0 Å². The van der Waals surface area contributed by atoms with Crippen molar-refractivity contribution in [3.63, 3.8) is 0 Å². The second-order valence-corrected chi connectivity index (χ2v) is 4.48. The molecule has 4 N–H and O–H groups in total. The molecule has 18 heavy (non-hydrogen) atoms. The third-order valence-electron chi connectivity index (χ3n) is 2.68. The average molecular weight is 250 g/mol. The molecule has 0 amide bonds. The fourth-order valence-corrected chi connectivity index (χ4v) is 1.72. The fraction of sp³-hybridized carbons (Fsp3) is 0.462. The van der Waals surface area contributed by atoms with Crippen molar-refractivity contribution >= 4 is 5.84 Å². The zero-order valence-electron chi connectivity index (χ0n) is 11.1. The SMILES string of the molecule is CN(C)CCCNCc1ccccc1C(N)=NO. The molecule has 5 heteroatoms. The van der Waals surface area contributed by atoms with Gasteiger partial charge in [0.1, 0.15) is 0 Å². The zero-order valence-corrected chi connectivity index (χ0v) is 11.1. The van der Waals surface area contributed by atoms with Crippen LogP contribution in [0.5, 0.6) is 0 Å². The van der Waals surface area contributed by atoms with Crippen LogP contribution < -0.4 is 11.1 Å². The van der Waals surface area contributed by atoms with Gasteiger partial charge in [0.05, 0.1) is 0 Å². The van der Waals surface area contributed by atoms with E-state index >= 15 is 0 Å². The molecule has 0 spiro atoms. The van der Waals surface area contributed by atoms with Crippen molar-refractivity contribution < 1.29 is 5.21 Å². The summed E-state index contributed by atoms with van der Waals surface area (Å²) in [7, 11) is 4.13. The molecule has 0 saturated carbocycles. The monoisotopic (exact) mass is 250 g/mol. The highest BCUT2D eigenvalue weighted by Crippen LogP contribution is 2.08. The van der Waals surface area contributed by atoms with Crippen molar-refractivity contribution in [1.82, 2.24) is 10.2 Å². The van der Waals surface area contributed by atoms with Gasteiger partial charge in [-0.15, -0.1) is 0 Å². The van der Waals surface area contributed by atoms with Gasteiger partial charge in [0, 0.05) is 12.1 Å². The van der Waals surface area contributed by atoms with Crippen molar-refractivity contribution in [1.29, 1.82) is 0 Å². The van der Waals surface area contributed by atoms with E-state index in [-0.39, 0.29) is 5.84 Å². The second-order valence-electron chi connectivity index (χ2n) is 4.48. The molecule has 1 aromatic rings. The first kappa shape index (κ1) is 14.5. The summed E-state index contributed by atoms with van der Waals surface area (Å²) in [6.07, 6.45) is 1.10. The Balaban J connectivity index is 2.47. The smallest absolute Gasteiger partial charge is 0.170 e. The van der Waals surface area contributed by atoms with Gasteiger partial charge in [0.2, 0.25) is 0 Å². The third kappa shape index (κ3) is 4.73. The molecule has 0 aliphatic heterocycles. The minimum atomic E-state index is 0.153. The Morgan fingerprint density at radius 2 is 2.11 bits per heavy atom. The molecule has 0 fully saturated rings. The number of nitrogens with one attached hydrogen (secondary N) is 1. The number of hydrogen-bond donors (Lipinski definition) is 3. The van der Waals surface area contributed by atoms with Crippen LogP contribution in [0.25, 0.3) is 0 Å². The summed E-state index contributed by atoms with van der Waals surface area (Å²) in [4.78, 5) is 2.16. The summed E-state index contributed by atoms with van der Waals surface area (Å²) in [5.41, 5.74) is 7.45. The molecular formula is C13H22N4O. The molecule has 1 aromatic carbocycles. The summed E-state index contributed by atoms with van der Waals surface area (Å²) in [5, 5.41) is 15.1. The lowest BCUT2D eigenvalue weighted by molar-refractivity contribution is 0.318. The van der Waals surface area contributed by atoms with E-state index in [2.05, 4.69) is 29.5 Å². The maximum atomic E-state index is 8.72.